The molecule has 0 fully saturated rings. The van der Waals surface area contributed by atoms with Gasteiger partial charge in [0.1, 0.15) is 6.29 Å². The number of carbonyl (C=O) groups excluding carboxylic acids is 1. The van der Waals surface area contributed by atoms with Crippen molar-refractivity contribution in [2.45, 2.75) is 44.9 Å². The van der Waals surface area contributed by atoms with Crippen molar-refractivity contribution in [2.24, 2.45) is 5.92 Å². The number of aldehydes is 1. The van der Waals surface area contributed by atoms with Gasteiger partial charge < -0.3 is 4.79 Å². The zero-order chi connectivity index (χ0) is 11.5. The molecule has 0 saturated heterocycles. The summed E-state index contributed by atoms with van der Waals surface area (Å²) in [5, 5.41) is 0. The quantitative estimate of drug-likeness (QED) is 0.522. The number of rotatable bonds is 4. The monoisotopic (exact) mass is 222 g/mol. The van der Waals surface area contributed by atoms with Crippen LogP contribution in [0.15, 0.2) is 23.8 Å². The van der Waals surface area contributed by atoms with E-state index in [0.29, 0.717) is 12.3 Å². The molecular formula is C13H22OSi. The first-order valence-electron chi connectivity index (χ1n) is 5.71. The van der Waals surface area contributed by atoms with Crippen LogP contribution < -0.4 is 0 Å². The highest BCUT2D eigenvalue weighted by atomic mass is 28.3. The third-order valence-corrected chi connectivity index (χ3v) is 4.21. The summed E-state index contributed by atoms with van der Waals surface area (Å²) >= 11 is 0. The Morgan fingerprint density at radius 1 is 1.47 bits per heavy atom. The van der Waals surface area contributed by atoms with Gasteiger partial charge in [-0.25, -0.2) is 0 Å². The standard InChI is InChI=1S/C13H22OSi/c1-11-7-12(5-6-14)9-13(8-11)10-15(2,3)4/h6,8,12H,1,5,7,9-10H2,2-4H3. The fraction of sp³-hybridized carbons (Fsp3) is 0.615. The number of hydrogen-bond donors (Lipinski definition) is 0. The van der Waals surface area contributed by atoms with E-state index in [1.165, 1.54) is 17.2 Å². The van der Waals surface area contributed by atoms with E-state index in [9.17, 15) is 4.79 Å². The van der Waals surface area contributed by atoms with Gasteiger partial charge in [0, 0.05) is 14.5 Å². The van der Waals surface area contributed by atoms with E-state index in [2.05, 4.69) is 32.3 Å². The topological polar surface area (TPSA) is 17.1 Å². The first-order valence-corrected chi connectivity index (χ1v) is 9.42. The summed E-state index contributed by atoms with van der Waals surface area (Å²) in [6.45, 7) is 11.2. The van der Waals surface area contributed by atoms with Crippen molar-refractivity contribution in [1.82, 2.24) is 0 Å². The lowest BCUT2D eigenvalue weighted by atomic mass is 9.85. The molecule has 0 aromatic heterocycles. The Hall–Kier alpha value is -0.633. The molecule has 84 valence electrons. The molecule has 0 aliphatic heterocycles. The Morgan fingerprint density at radius 3 is 2.67 bits per heavy atom. The summed E-state index contributed by atoms with van der Waals surface area (Å²) in [4.78, 5) is 10.5. The maximum Gasteiger partial charge on any atom is 0.120 e. The highest BCUT2D eigenvalue weighted by Crippen LogP contribution is 2.33. The summed E-state index contributed by atoms with van der Waals surface area (Å²) in [6, 6.07) is 1.25. The second-order valence-electron chi connectivity index (χ2n) is 5.87. The number of carbonyl (C=O) groups is 1. The Kier molecular flexibility index (Phi) is 4.09. The Bertz CT molecular complexity index is 283. The molecule has 0 aromatic carbocycles. The van der Waals surface area contributed by atoms with Gasteiger partial charge in [-0.15, -0.1) is 0 Å². The number of hydrogen-bond acceptors (Lipinski definition) is 1. The first kappa shape index (κ1) is 12.4. The fourth-order valence-corrected chi connectivity index (χ4v) is 3.94. The average Bonchev–Trinajstić information content (AvgIpc) is 1.99. The van der Waals surface area contributed by atoms with Crippen molar-refractivity contribution < 1.29 is 4.79 Å². The molecule has 1 nitrogen and oxygen atoms in total. The largest absolute Gasteiger partial charge is 0.303 e. The predicted molar refractivity (Wildman–Crippen MR) is 68.8 cm³/mol. The van der Waals surface area contributed by atoms with Crippen LogP contribution in [0.5, 0.6) is 0 Å². The molecule has 1 atom stereocenters. The summed E-state index contributed by atoms with van der Waals surface area (Å²) in [7, 11) is -1.02. The molecule has 1 rings (SSSR count). The van der Waals surface area contributed by atoms with E-state index >= 15 is 0 Å². The van der Waals surface area contributed by atoms with Crippen LogP contribution in [-0.2, 0) is 4.79 Å². The molecule has 0 radical (unpaired) electrons. The summed E-state index contributed by atoms with van der Waals surface area (Å²) in [5.41, 5.74) is 2.73. The second-order valence-corrected chi connectivity index (χ2v) is 11.3. The Morgan fingerprint density at radius 2 is 2.13 bits per heavy atom. The minimum absolute atomic E-state index is 0.520. The van der Waals surface area contributed by atoms with E-state index in [1.807, 2.05) is 0 Å². The number of allylic oxidation sites excluding steroid dienone is 3. The molecule has 1 unspecified atom stereocenters. The maximum absolute atomic E-state index is 10.5. The summed E-state index contributed by atoms with van der Waals surface area (Å²) in [6.07, 6.45) is 6.13. The molecule has 0 bridgehead atoms. The molecule has 0 N–H and O–H groups in total. The highest BCUT2D eigenvalue weighted by Gasteiger charge is 2.21. The lowest BCUT2D eigenvalue weighted by molar-refractivity contribution is -0.108. The summed E-state index contributed by atoms with van der Waals surface area (Å²) < 4.78 is 0. The zero-order valence-corrected chi connectivity index (χ0v) is 11.2. The second kappa shape index (κ2) is 4.93. The minimum Gasteiger partial charge on any atom is -0.303 e. The van der Waals surface area contributed by atoms with Gasteiger partial charge in [-0.3, -0.25) is 0 Å². The van der Waals surface area contributed by atoms with Crippen LogP contribution in [0, 0.1) is 5.92 Å². The van der Waals surface area contributed by atoms with Crippen molar-refractivity contribution in [3.8, 4) is 0 Å². The molecule has 0 spiro atoms. The molecule has 2 heteroatoms. The van der Waals surface area contributed by atoms with Crippen molar-refractivity contribution in [1.29, 1.82) is 0 Å². The third-order valence-electron chi connectivity index (χ3n) is 2.70. The SMILES string of the molecule is C=C1C=C(C[Si](C)(C)C)CC(CC=O)C1. The lowest BCUT2D eigenvalue weighted by Crippen LogP contribution is -2.22. The molecule has 1 aliphatic carbocycles. The van der Waals surface area contributed by atoms with E-state index in [4.69, 9.17) is 0 Å². The van der Waals surface area contributed by atoms with Crippen LogP contribution in [-0.4, -0.2) is 14.4 Å². The average molecular weight is 222 g/mol. The van der Waals surface area contributed by atoms with Gasteiger partial charge in [0.25, 0.3) is 0 Å². The van der Waals surface area contributed by atoms with Crippen LogP contribution in [0.3, 0.4) is 0 Å². The fourth-order valence-electron chi connectivity index (χ4n) is 2.33. The van der Waals surface area contributed by atoms with E-state index in [0.717, 1.165) is 19.1 Å². The molecule has 1 aliphatic rings. The van der Waals surface area contributed by atoms with Gasteiger partial charge in [0.2, 0.25) is 0 Å². The van der Waals surface area contributed by atoms with Crippen LogP contribution in [0.25, 0.3) is 0 Å². The van der Waals surface area contributed by atoms with Gasteiger partial charge in [0.05, 0.1) is 0 Å². The van der Waals surface area contributed by atoms with Crippen LogP contribution in [0.1, 0.15) is 19.3 Å². The van der Waals surface area contributed by atoms with Crippen molar-refractivity contribution in [2.75, 3.05) is 0 Å². The highest BCUT2D eigenvalue weighted by molar-refractivity contribution is 6.76. The normalized spacial score (nSPS) is 22.5. The first-order chi connectivity index (χ1) is 6.90. The third kappa shape index (κ3) is 4.60. The molecular weight excluding hydrogens is 200 g/mol. The zero-order valence-electron chi connectivity index (χ0n) is 10.2. The van der Waals surface area contributed by atoms with Crippen LogP contribution >= 0.6 is 0 Å². The van der Waals surface area contributed by atoms with Crippen molar-refractivity contribution in [3.63, 3.8) is 0 Å². The Balaban J connectivity index is 2.64. The van der Waals surface area contributed by atoms with Gasteiger partial charge in [-0.05, 0) is 24.8 Å². The van der Waals surface area contributed by atoms with Gasteiger partial charge in [-0.1, -0.05) is 43.4 Å². The molecule has 0 amide bonds. The van der Waals surface area contributed by atoms with Crippen molar-refractivity contribution in [3.05, 3.63) is 23.8 Å². The lowest BCUT2D eigenvalue weighted by Gasteiger charge is -2.26. The van der Waals surface area contributed by atoms with Gasteiger partial charge in [0.15, 0.2) is 0 Å². The smallest absolute Gasteiger partial charge is 0.120 e. The summed E-state index contributed by atoms with van der Waals surface area (Å²) in [5.74, 6) is 0.520. The molecule has 0 aromatic rings. The maximum atomic E-state index is 10.5. The minimum atomic E-state index is -1.02. The van der Waals surface area contributed by atoms with E-state index in [1.54, 1.807) is 0 Å². The van der Waals surface area contributed by atoms with Gasteiger partial charge in [-0.2, -0.15) is 0 Å². The Labute approximate surface area is 94.3 Å². The van der Waals surface area contributed by atoms with Crippen molar-refractivity contribution >= 4 is 14.4 Å². The van der Waals surface area contributed by atoms with Crippen LogP contribution in [0.4, 0.5) is 0 Å². The molecule has 0 heterocycles. The molecule has 0 saturated carbocycles. The van der Waals surface area contributed by atoms with Gasteiger partial charge >= 0.3 is 0 Å². The molecule has 15 heavy (non-hydrogen) atoms. The van der Waals surface area contributed by atoms with E-state index in [-0.39, 0.29) is 0 Å². The van der Waals surface area contributed by atoms with Crippen LogP contribution in [0.2, 0.25) is 25.7 Å². The predicted octanol–water partition coefficient (Wildman–Crippen LogP) is 3.81. The van der Waals surface area contributed by atoms with E-state index < -0.39 is 8.07 Å².